The van der Waals surface area contributed by atoms with E-state index in [1.54, 1.807) is 19.2 Å². The molecule has 0 aliphatic carbocycles. The molecule has 1 aromatic rings. The lowest BCUT2D eigenvalue weighted by atomic mass is 10.1. The predicted molar refractivity (Wildman–Crippen MR) is 87.1 cm³/mol. The number of nitrogens with zero attached hydrogens (tertiary/aromatic N) is 1. The molecule has 0 saturated carbocycles. The lowest BCUT2D eigenvalue weighted by Gasteiger charge is -2.21. The number of benzene rings is 1. The highest BCUT2D eigenvalue weighted by atomic mass is 16.6. The van der Waals surface area contributed by atoms with E-state index < -0.39 is 5.91 Å². The molecule has 1 heterocycles. The quantitative estimate of drug-likeness (QED) is 0.463. The Hall–Kier alpha value is -2.72. The third-order valence-corrected chi connectivity index (χ3v) is 3.34. The number of fused-ring (bicyclic) bond motifs is 1. The highest BCUT2D eigenvalue weighted by Crippen LogP contribution is 2.40. The monoisotopic (exact) mass is 332 g/mol. The van der Waals surface area contributed by atoms with Crippen LogP contribution in [0.2, 0.25) is 0 Å². The number of methoxy groups -OCH3 is 2. The number of nitrogens with one attached hydrogen (secondary N) is 1. The van der Waals surface area contributed by atoms with Crippen molar-refractivity contribution in [1.82, 2.24) is 5.32 Å². The molecule has 1 aliphatic heterocycles. The lowest BCUT2D eigenvalue weighted by molar-refractivity contribution is -0.117. The fourth-order valence-corrected chi connectivity index (χ4v) is 2.21. The molecule has 2 rings (SSSR count). The molecule has 1 amide bonds. The molecule has 1 aliphatic rings. The Labute approximate surface area is 140 Å². The Morgan fingerprint density at radius 1 is 1.38 bits per heavy atom. The number of nitriles is 1. The second kappa shape index (κ2) is 8.79. The van der Waals surface area contributed by atoms with Gasteiger partial charge in [-0.15, -0.1) is 0 Å². The molecule has 7 heteroatoms. The van der Waals surface area contributed by atoms with Gasteiger partial charge in [0.25, 0.3) is 5.91 Å². The standard InChI is InChI=1S/C17H20N2O5/c1-21-5-3-4-19-17(20)13(11-18)8-12-9-14(22-2)16-15(10-12)23-6-7-24-16/h8-10H,3-7H2,1-2H3,(H,19,20)/b13-8+. The SMILES string of the molecule is COCCCNC(=O)/C(C#N)=C/c1cc(OC)c2c(c1)OCCO2. The molecule has 0 radical (unpaired) electrons. The molecule has 0 atom stereocenters. The van der Waals surface area contributed by atoms with Crippen LogP contribution in [-0.2, 0) is 9.53 Å². The number of rotatable bonds is 7. The van der Waals surface area contributed by atoms with Gasteiger partial charge >= 0.3 is 0 Å². The lowest BCUT2D eigenvalue weighted by Crippen LogP contribution is -2.26. The second-order valence-corrected chi connectivity index (χ2v) is 5.02. The van der Waals surface area contributed by atoms with Crippen LogP contribution >= 0.6 is 0 Å². The maximum Gasteiger partial charge on any atom is 0.261 e. The molecule has 0 bridgehead atoms. The summed E-state index contributed by atoms with van der Waals surface area (Å²) in [6.45, 7) is 1.88. The van der Waals surface area contributed by atoms with E-state index in [4.69, 9.17) is 18.9 Å². The maximum absolute atomic E-state index is 12.1. The van der Waals surface area contributed by atoms with E-state index in [1.807, 2.05) is 6.07 Å². The van der Waals surface area contributed by atoms with E-state index in [1.165, 1.54) is 13.2 Å². The van der Waals surface area contributed by atoms with E-state index in [0.29, 0.717) is 55.6 Å². The third kappa shape index (κ3) is 4.40. The topological polar surface area (TPSA) is 89.8 Å². The van der Waals surface area contributed by atoms with Crippen LogP contribution in [0.4, 0.5) is 0 Å². The molecular formula is C17H20N2O5. The van der Waals surface area contributed by atoms with Crippen LogP contribution in [0.5, 0.6) is 17.2 Å². The van der Waals surface area contributed by atoms with Crippen molar-refractivity contribution in [3.05, 3.63) is 23.3 Å². The number of ether oxygens (including phenoxy) is 4. The van der Waals surface area contributed by atoms with Gasteiger partial charge in [0.2, 0.25) is 5.75 Å². The minimum atomic E-state index is -0.428. The van der Waals surface area contributed by atoms with Gasteiger partial charge in [-0.3, -0.25) is 4.79 Å². The molecule has 128 valence electrons. The van der Waals surface area contributed by atoms with Gasteiger partial charge in [0, 0.05) is 20.3 Å². The van der Waals surface area contributed by atoms with Gasteiger partial charge in [-0.25, -0.2) is 0 Å². The molecule has 1 N–H and O–H groups in total. The summed E-state index contributed by atoms with van der Waals surface area (Å²) >= 11 is 0. The van der Waals surface area contributed by atoms with E-state index in [-0.39, 0.29) is 5.57 Å². The number of carbonyl (C=O) groups excluding carboxylic acids is 1. The van der Waals surface area contributed by atoms with Gasteiger partial charge in [0.1, 0.15) is 24.9 Å². The van der Waals surface area contributed by atoms with Crippen molar-refractivity contribution in [2.45, 2.75) is 6.42 Å². The maximum atomic E-state index is 12.1. The summed E-state index contributed by atoms with van der Waals surface area (Å²) < 4.78 is 21.3. The molecule has 0 spiro atoms. The summed E-state index contributed by atoms with van der Waals surface area (Å²) in [7, 11) is 3.12. The number of carbonyl (C=O) groups is 1. The zero-order valence-corrected chi connectivity index (χ0v) is 13.8. The van der Waals surface area contributed by atoms with E-state index in [9.17, 15) is 10.1 Å². The fourth-order valence-electron chi connectivity index (χ4n) is 2.21. The normalized spacial score (nSPS) is 13.1. The fraction of sp³-hybridized carbons (Fsp3) is 0.412. The first-order valence-corrected chi connectivity index (χ1v) is 7.56. The highest BCUT2D eigenvalue weighted by molar-refractivity contribution is 6.01. The van der Waals surface area contributed by atoms with Gasteiger partial charge in [-0.2, -0.15) is 5.26 Å². The first-order valence-electron chi connectivity index (χ1n) is 7.56. The van der Waals surface area contributed by atoms with Crippen LogP contribution in [0.25, 0.3) is 6.08 Å². The first-order chi connectivity index (χ1) is 11.7. The van der Waals surface area contributed by atoms with Crippen molar-refractivity contribution < 1.29 is 23.7 Å². The predicted octanol–water partition coefficient (Wildman–Crippen LogP) is 1.53. The van der Waals surface area contributed by atoms with Crippen LogP contribution in [0.15, 0.2) is 17.7 Å². The molecule has 0 aromatic heterocycles. The van der Waals surface area contributed by atoms with Crippen LogP contribution < -0.4 is 19.5 Å². The molecule has 0 saturated heterocycles. The van der Waals surface area contributed by atoms with Crippen LogP contribution in [-0.4, -0.2) is 46.5 Å². The summed E-state index contributed by atoms with van der Waals surface area (Å²) in [5.74, 6) is 1.13. The van der Waals surface area contributed by atoms with Crippen molar-refractivity contribution in [2.24, 2.45) is 0 Å². The Kier molecular flexibility index (Phi) is 6.46. The average molecular weight is 332 g/mol. The van der Waals surface area contributed by atoms with Crippen LogP contribution in [0.3, 0.4) is 0 Å². The third-order valence-electron chi connectivity index (χ3n) is 3.34. The van der Waals surface area contributed by atoms with E-state index in [2.05, 4.69) is 5.32 Å². The van der Waals surface area contributed by atoms with Gasteiger partial charge in [-0.05, 0) is 30.2 Å². The van der Waals surface area contributed by atoms with Crippen molar-refractivity contribution in [3.8, 4) is 23.3 Å². The van der Waals surface area contributed by atoms with Crippen molar-refractivity contribution in [1.29, 1.82) is 5.26 Å². The molecule has 0 unspecified atom stereocenters. The van der Waals surface area contributed by atoms with Gasteiger partial charge in [-0.1, -0.05) is 0 Å². The van der Waals surface area contributed by atoms with E-state index in [0.717, 1.165) is 0 Å². The first kappa shape index (κ1) is 17.6. The minimum absolute atomic E-state index is 0.00569. The summed E-state index contributed by atoms with van der Waals surface area (Å²) in [5, 5.41) is 11.9. The molecule has 24 heavy (non-hydrogen) atoms. The van der Waals surface area contributed by atoms with Crippen molar-refractivity contribution in [2.75, 3.05) is 40.6 Å². The number of hydrogen-bond acceptors (Lipinski definition) is 6. The average Bonchev–Trinajstić information content (AvgIpc) is 2.62. The number of amides is 1. The van der Waals surface area contributed by atoms with Crippen LogP contribution in [0, 0.1) is 11.3 Å². The van der Waals surface area contributed by atoms with Gasteiger partial charge in [0.05, 0.1) is 7.11 Å². The Bertz CT molecular complexity index is 646. The Morgan fingerprint density at radius 3 is 2.88 bits per heavy atom. The summed E-state index contributed by atoms with van der Waals surface area (Å²) in [6, 6.07) is 5.33. The number of hydrogen-bond donors (Lipinski definition) is 1. The smallest absolute Gasteiger partial charge is 0.261 e. The summed E-state index contributed by atoms with van der Waals surface area (Å²) in [6.07, 6.45) is 2.17. The van der Waals surface area contributed by atoms with E-state index >= 15 is 0 Å². The Balaban J connectivity index is 2.18. The Morgan fingerprint density at radius 2 is 2.17 bits per heavy atom. The molecule has 0 fully saturated rings. The largest absolute Gasteiger partial charge is 0.493 e. The molecule has 7 nitrogen and oxygen atoms in total. The minimum Gasteiger partial charge on any atom is -0.493 e. The summed E-state index contributed by atoms with van der Waals surface area (Å²) in [5.41, 5.74) is 0.630. The van der Waals surface area contributed by atoms with Crippen molar-refractivity contribution in [3.63, 3.8) is 0 Å². The molecular weight excluding hydrogens is 312 g/mol. The highest BCUT2D eigenvalue weighted by Gasteiger charge is 2.18. The summed E-state index contributed by atoms with van der Waals surface area (Å²) in [4.78, 5) is 12.1. The van der Waals surface area contributed by atoms with Crippen molar-refractivity contribution >= 4 is 12.0 Å². The zero-order chi connectivity index (χ0) is 17.4. The van der Waals surface area contributed by atoms with Gasteiger partial charge < -0.3 is 24.3 Å². The zero-order valence-electron chi connectivity index (χ0n) is 13.8. The molecule has 1 aromatic carbocycles. The van der Waals surface area contributed by atoms with Crippen LogP contribution in [0.1, 0.15) is 12.0 Å². The second-order valence-electron chi connectivity index (χ2n) is 5.02. The van der Waals surface area contributed by atoms with Gasteiger partial charge in [0.15, 0.2) is 11.5 Å².